The normalized spacial score (nSPS) is 14.2. The lowest BCUT2D eigenvalue weighted by Gasteiger charge is -2.20. The molecule has 1 aliphatic heterocycles. The van der Waals surface area contributed by atoms with Crippen molar-refractivity contribution in [3.63, 3.8) is 0 Å². The van der Waals surface area contributed by atoms with Gasteiger partial charge in [0.1, 0.15) is 6.04 Å². The first-order valence-corrected chi connectivity index (χ1v) is 11.6. The summed E-state index contributed by atoms with van der Waals surface area (Å²) in [6.07, 6.45) is 5.27. The standard InChI is InChI=1S/C26H31N5O2/c1-3-10-24(26(33)28-20-11-9-14-22(17-20)30-15-7-8-16-30)29-25(32)23-18-27-31(19(23)2)21-12-5-4-6-13-21/h4-6,9,11-14,17-18,24H,3,7-8,10,15-16H2,1-2H3,(H,28,33)(H,29,32). The number of rotatable bonds is 8. The second-order valence-corrected chi connectivity index (χ2v) is 8.44. The average molecular weight is 446 g/mol. The topological polar surface area (TPSA) is 79.3 Å². The Bertz CT molecular complexity index is 1100. The summed E-state index contributed by atoms with van der Waals surface area (Å²) < 4.78 is 1.73. The number of carbonyl (C=O) groups excluding carboxylic acids is 2. The minimum absolute atomic E-state index is 0.211. The third-order valence-corrected chi connectivity index (χ3v) is 6.04. The number of carbonyl (C=O) groups is 2. The molecular formula is C26H31N5O2. The zero-order valence-electron chi connectivity index (χ0n) is 19.3. The molecule has 1 aliphatic rings. The number of amides is 2. The van der Waals surface area contributed by atoms with Crippen molar-refractivity contribution >= 4 is 23.2 Å². The van der Waals surface area contributed by atoms with E-state index in [-0.39, 0.29) is 11.8 Å². The molecule has 0 aliphatic carbocycles. The van der Waals surface area contributed by atoms with Gasteiger partial charge in [-0.05, 0) is 56.5 Å². The zero-order chi connectivity index (χ0) is 23.2. The van der Waals surface area contributed by atoms with Crippen molar-refractivity contribution in [1.82, 2.24) is 15.1 Å². The molecule has 1 unspecified atom stereocenters. The van der Waals surface area contributed by atoms with E-state index in [9.17, 15) is 9.59 Å². The van der Waals surface area contributed by atoms with Crippen molar-refractivity contribution in [2.45, 2.75) is 45.6 Å². The fourth-order valence-electron chi connectivity index (χ4n) is 4.24. The molecule has 0 saturated carbocycles. The summed E-state index contributed by atoms with van der Waals surface area (Å²) >= 11 is 0. The number of nitrogens with zero attached hydrogens (tertiary/aromatic N) is 3. The van der Waals surface area contributed by atoms with Crippen molar-refractivity contribution in [2.75, 3.05) is 23.3 Å². The maximum Gasteiger partial charge on any atom is 0.255 e. The summed E-state index contributed by atoms with van der Waals surface area (Å²) in [6, 6.07) is 16.9. The molecule has 0 bridgehead atoms. The van der Waals surface area contributed by atoms with Crippen LogP contribution >= 0.6 is 0 Å². The van der Waals surface area contributed by atoms with Gasteiger partial charge in [0.25, 0.3) is 5.91 Å². The van der Waals surface area contributed by atoms with Gasteiger partial charge in [0.05, 0.1) is 23.1 Å². The molecular weight excluding hydrogens is 414 g/mol. The lowest BCUT2D eigenvalue weighted by Crippen LogP contribution is -2.43. The molecule has 0 radical (unpaired) electrons. The van der Waals surface area contributed by atoms with Gasteiger partial charge in [-0.2, -0.15) is 5.10 Å². The number of aromatic nitrogens is 2. The monoisotopic (exact) mass is 445 g/mol. The Morgan fingerprint density at radius 1 is 1.03 bits per heavy atom. The maximum atomic E-state index is 13.1. The molecule has 7 nitrogen and oxygen atoms in total. The molecule has 0 spiro atoms. The Morgan fingerprint density at radius 2 is 1.76 bits per heavy atom. The van der Waals surface area contributed by atoms with Gasteiger partial charge in [0.15, 0.2) is 0 Å². The molecule has 2 heterocycles. The van der Waals surface area contributed by atoms with Gasteiger partial charge >= 0.3 is 0 Å². The average Bonchev–Trinajstić information content (AvgIpc) is 3.50. The summed E-state index contributed by atoms with van der Waals surface area (Å²) in [5.74, 6) is -0.508. The quantitative estimate of drug-likeness (QED) is 0.541. The molecule has 1 fully saturated rings. The van der Waals surface area contributed by atoms with Crippen LogP contribution in [0.15, 0.2) is 60.8 Å². The SMILES string of the molecule is CCCC(NC(=O)c1cnn(-c2ccccc2)c1C)C(=O)Nc1cccc(N2CCCC2)c1. The number of nitrogens with one attached hydrogen (secondary N) is 2. The summed E-state index contributed by atoms with van der Waals surface area (Å²) in [5.41, 5.74) is 3.93. The highest BCUT2D eigenvalue weighted by atomic mass is 16.2. The molecule has 1 aromatic heterocycles. The van der Waals surface area contributed by atoms with Gasteiger partial charge in [-0.15, -0.1) is 0 Å². The Labute approximate surface area is 194 Å². The molecule has 2 N–H and O–H groups in total. The van der Waals surface area contributed by atoms with Crippen LogP contribution in [0.3, 0.4) is 0 Å². The molecule has 4 rings (SSSR count). The Balaban J connectivity index is 1.45. The molecule has 1 atom stereocenters. The summed E-state index contributed by atoms with van der Waals surface area (Å²) in [7, 11) is 0. The molecule has 7 heteroatoms. The number of hydrogen-bond donors (Lipinski definition) is 2. The van der Waals surface area contributed by atoms with Gasteiger partial charge in [0, 0.05) is 24.5 Å². The van der Waals surface area contributed by atoms with Gasteiger partial charge in [-0.3, -0.25) is 9.59 Å². The Hall–Kier alpha value is -3.61. The van der Waals surface area contributed by atoms with Crippen molar-refractivity contribution in [3.05, 3.63) is 72.1 Å². The fraction of sp³-hybridized carbons (Fsp3) is 0.346. The minimum atomic E-state index is -0.627. The highest BCUT2D eigenvalue weighted by Crippen LogP contribution is 2.23. The molecule has 1 saturated heterocycles. The van der Waals surface area contributed by atoms with E-state index in [1.54, 1.807) is 10.9 Å². The first-order valence-electron chi connectivity index (χ1n) is 11.6. The van der Waals surface area contributed by atoms with Crippen LogP contribution in [0.25, 0.3) is 5.69 Å². The molecule has 2 aromatic carbocycles. The number of anilines is 2. The van der Waals surface area contributed by atoms with E-state index >= 15 is 0 Å². The number of hydrogen-bond acceptors (Lipinski definition) is 4. The first-order chi connectivity index (χ1) is 16.1. The van der Waals surface area contributed by atoms with E-state index in [0.717, 1.165) is 42.3 Å². The van der Waals surface area contributed by atoms with E-state index in [2.05, 4.69) is 26.7 Å². The van der Waals surface area contributed by atoms with Crippen LogP contribution in [0.5, 0.6) is 0 Å². The fourth-order valence-corrected chi connectivity index (χ4v) is 4.24. The second kappa shape index (κ2) is 10.3. The van der Waals surface area contributed by atoms with Crippen LogP contribution in [0.1, 0.15) is 48.7 Å². The van der Waals surface area contributed by atoms with E-state index in [4.69, 9.17) is 0 Å². The predicted octanol–water partition coefficient (Wildman–Crippen LogP) is 4.32. The van der Waals surface area contributed by atoms with Crippen molar-refractivity contribution in [3.8, 4) is 5.69 Å². The third-order valence-electron chi connectivity index (χ3n) is 6.04. The van der Waals surface area contributed by atoms with Crippen LogP contribution in [-0.2, 0) is 4.79 Å². The molecule has 33 heavy (non-hydrogen) atoms. The first kappa shape index (κ1) is 22.6. The number of para-hydroxylation sites is 1. The predicted molar refractivity (Wildman–Crippen MR) is 131 cm³/mol. The van der Waals surface area contributed by atoms with E-state index in [0.29, 0.717) is 12.0 Å². The molecule has 3 aromatic rings. The minimum Gasteiger partial charge on any atom is -0.371 e. The van der Waals surface area contributed by atoms with Crippen LogP contribution in [-0.4, -0.2) is 40.7 Å². The summed E-state index contributed by atoms with van der Waals surface area (Å²) in [6.45, 7) is 5.94. The van der Waals surface area contributed by atoms with Crippen LogP contribution in [0.4, 0.5) is 11.4 Å². The summed E-state index contributed by atoms with van der Waals surface area (Å²) in [4.78, 5) is 28.4. The maximum absolute atomic E-state index is 13.1. The Morgan fingerprint density at radius 3 is 2.48 bits per heavy atom. The highest BCUT2D eigenvalue weighted by Gasteiger charge is 2.23. The van der Waals surface area contributed by atoms with Crippen LogP contribution < -0.4 is 15.5 Å². The largest absolute Gasteiger partial charge is 0.371 e. The van der Waals surface area contributed by atoms with E-state index in [1.165, 1.54) is 12.8 Å². The van der Waals surface area contributed by atoms with E-state index in [1.807, 2.05) is 62.4 Å². The third kappa shape index (κ3) is 5.25. The van der Waals surface area contributed by atoms with Gasteiger partial charge in [-0.1, -0.05) is 37.6 Å². The van der Waals surface area contributed by atoms with E-state index < -0.39 is 6.04 Å². The van der Waals surface area contributed by atoms with Gasteiger partial charge in [-0.25, -0.2) is 4.68 Å². The number of benzene rings is 2. The summed E-state index contributed by atoms with van der Waals surface area (Å²) in [5, 5.41) is 10.3. The van der Waals surface area contributed by atoms with Crippen LogP contribution in [0.2, 0.25) is 0 Å². The lowest BCUT2D eigenvalue weighted by molar-refractivity contribution is -0.118. The molecule has 2 amide bonds. The zero-order valence-corrected chi connectivity index (χ0v) is 19.3. The lowest BCUT2D eigenvalue weighted by atomic mass is 10.1. The molecule has 172 valence electrons. The second-order valence-electron chi connectivity index (χ2n) is 8.44. The highest BCUT2D eigenvalue weighted by molar-refractivity contribution is 6.01. The van der Waals surface area contributed by atoms with Crippen LogP contribution in [0, 0.1) is 6.92 Å². The van der Waals surface area contributed by atoms with Gasteiger partial charge < -0.3 is 15.5 Å². The van der Waals surface area contributed by atoms with Crippen molar-refractivity contribution in [2.24, 2.45) is 0 Å². The van der Waals surface area contributed by atoms with Gasteiger partial charge in [0.2, 0.25) is 5.91 Å². The van der Waals surface area contributed by atoms with Crippen molar-refractivity contribution < 1.29 is 9.59 Å². The Kier molecular flexibility index (Phi) is 7.07. The van der Waals surface area contributed by atoms with Crippen molar-refractivity contribution in [1.29, 1.82) is 0 Å². The smallest absolute Gasteiger partial charge is 0.255 e.